The standard InChI is InChI=1S/C22H21NO3/c1-14-11-20(15(2)23(14)19-9-10-19)21(24)13-26-22(25)18-8-7-16-5-3-4-6-17(16)12-18/h3-8,11-12,19H,9-10,13H2,1-2H3. The van der Waals surface area contributed by atoms with Crippen LogP contribution < -0.4 is 0 Å². The summed E-state index contributed by atoms with van der Waals surface area (Å²) in [7, 11) is 0. The molecular weight excluding hydrogens is 326 g/mol. The first-order valence-corrected chi connectivity index (χ1v) is 8.92. The quantitative estimate of drug-likeness (QED) is 0.499. The second-order valence-corrected chi connectivity index (χ2v) is 6.95. The van der Waals surface area contributed by atoms with E-state index >= 15 is 0 Å². The van der Waals surface area contributed by atoms with Crippen molar-refractivity contribution in [2.24, 2.45) is 0 Å². The lowest BCUT2D eigenvalue weighted by atomic mass is 10.1. The molecule has 0 spiro atoms. The van der Waals surface area contributed by atoms with Crippen LogP contribution in [0.4, 0.5) is 0 Å². The lowest BCUT2D eigenvalue weighted by molar-refractivity contribution is 0.0474. The van der Waals surface area contributed by atoms with E-state index in [1.807, 2.05) is 50.2 Å². The van der Waals surface area contributed by atoms with Crippen LogP contribution in [0.15, 0.2) is 48.5 Å². The molecule has 0 radical (unpaired) electrons. The normalized spacial score (nSPS) is 13.8. The smallest absolute Gasteiger partial charge is 0.338 e. The summed E-state index contributed by atoms with van der Waals surface area (Å²) in [6.07, 6.45) is 2.34. The number of hydrogen-bond donors (Lipinski definition) is 0. The average molecular weight is 347 g/mol. The molecule has 132 valence electrons. The lowest BCUT2D eigenvalue weighted by Gasteiger charge is -2.08. The van der Waals surface area contributed by atoms with Crippen LogP contribution in [-0.4, -0.2) is 22.9 Å². The van der Waals surface area contributed by atoms with E-state index in [0.29, 0.717) is 17.2 Å². The number of Topliss-reactive ketones (excluding diaryl/α,β-unsaturated/α-hetero) is 1. The van der Waals surface area contributed by atoms with Crippen molar-refractivity contribution in [3.05, 3.63) is 71.0 Å². The van der Waals surface area contributed by atoms with Crippen LogP contribution >= 0.6 is 0 Å². The number of rotatable bonds is 5. The number of hydrogen-bond acceptors (Lipinski definition) is 3. The SMILES string of the molecule is Cc1cc(C(=O)COC(=O)c2ccc3ccccc3c2)c(C)n1C1CC1. The molecule has 1 aliphatic carbocycles. The van der Waals surface area contributed by atoms with E-state index in [4.69, 9.17) is 4.74 Å². The van der Waals surface area contributed by atoms with E-state index in [0.717, 1.165) is 22.2 Å². The number of aryl methyl sites for hydroxylation is 1. The summed E-state index contributed by atoms with van der Waals surface area (Å²) in [5.41, 5.74) is 3.17. The number of carbonyl (C=O) groups is 2. The highest BCUT2D eigenvalue weighted by molar-refractivity contribution is 6.01. The molecule has 0 amide bonds. The van der Waals surface area contributed by atoms with Gasteiger partial charge in [-0.05, 0) is 55.7 Å². The van der Waals surface area contributed by atoms with Crippen molar-refractivity contribution in [2.75, 3.05) is 6.61 Å². The van der Waals surface area contributed by atoms with Crippen LogP contribution in [0.1, 0.15) is 51.0 Å². The molecule has 1 aromatic heterocycles. The van der Waals surface area contributed by atoms with Crippen molar-refractivity contribution in [1.82, 2.24) is 4.57 Å². The minimum absolute atomic E-state index is 0.154. The topological polar surface area (TPSA) is 48.3 Å². The molecule has 1 fully saturated rings. The molecule has 0 N–H and O–H groups in total. The number of nitrogens with zero attached hydrogens (tertiary/aromatic N) is 1. The number of aromatic nitrogens is 1. The van der Waals surface area contributed by atoms with Crippen molar-refractivity contribution < 1.29 is 14.3 Å². The fraction of sp³-hybridized carbons (Fsp3) is 0.273. The first-order valence-electron chi connectivity index (χ1n) is 8.92. The number of carbonyl (C=O) groups excluding carboxylic acids is 2. The Hall–Kier alpha value is -2.88. The summed E-state index contributed by atoms with van der Waals surface area (Å²) < 4.78 is 7.50. The third-order valence-corrected chi connectivity index (χ3v) is 5.02. The van der Waals surface area contributed by atoms with Gasteiger partial charge in [0.25, 0.3) is 0 Å². The van der Waals surface area contributed by atoms with E-state index in [2.05, 4.69) is 4.57 Å². The Morgan fingerprint density at radius 3 is 2.50 bits per heavy atom. The Morgan fingerprint density at radius 2 is 1.77 bits per heavy atom. The Labute approximate surface area is 152 Å². The van der Waals surface area contributed by atoms with Gasteiger partial charge in [-0.15, -0.1) is 0 Å². The van der Waals surface area contributed by atoms with Gasteiger partial charge in [0.1, 0.15) is 0 Å². The minimum atomic E-state index is -0.472. The second kappa shape index (κ2) is 6.45. The Morgan fingerprint density at radius 1 is 1.04 bits per heavy atom. The van der Waals surface area contributed by atoms with Crippen molar-refractivity contribution in [3.63, 3.8) is 0 Å². The lowest BCUT2D eigenvalue weighted by Crippen LogP contribution is -2.15. The fourth-order valence-corrected chi connectivity index (χ4v) is 3.56. The fourth-order valence-electron chi connectivity index (χ4n) is 3.56. The number of ether oxygens (including phenoxy) is 1. The largest absolute Gasteiger partial charge is 0.454 e. The monoisotopic (exact) mass is 347 g/mol. The average Bonchev–Trinajstić information content (AvgIpc) is 3.43. The molecule has 0 aliphatic heterocycles. The highest BCUT2D eigenvalue weighted by Crippen LogP contribution is 2.38. The van der Waals surface area contributed by atoms with Crippen LogP contribution in [0.25, 0.3) is 10.8 Å². The van der Waals surface area contributed by atoms with Crippen LogP contribution in [0.3, 0.4) is 0 Å². The minimum Gasteiger partial charge on any atom is -0.454 e. The van der Waals surface area contributed by atoms with Crippen LogP contribution in [0, 0.1) is 13.8 Å². The molecular formula is C22H21NO3. The van der Waals surface area contributed by atoms with Crippen molar-refractivity contribution in [2.45, 2.75) is 32.7 Å². The molecule has 3 aromatic rings. The molecule has 0 bridgehead atoms. The van der Waals surface area contributed by atoms with E-state index < -0.39 is 5.97 Å². The molecule has 4 heteroatoms. The van der Waals surface area contributed by atoms with Gasteiger partial charge in [0.15, 0.2) is 6.61 Å². The molecule has 1 aliphatic rings. The molecule has 4 nitrogen and oxygen atoms in total. The molecule has 1 saturated carbocycles. The summed E-state index contributed by atoms with van der Waals surface area (Å²) >= 11 is 0. The Kier molecular flexibility index (Phi) is 4.11. The van der Waals surface area contributed by atoms with Crippen LogP contribution in [0.5, 0.6) is 0 Å². The predicted octanol–water partition coefficient (Wildman–Crippen LogP) is 4.63. The van der Waals surface area contributed by atoms with Gasteiger partial charge in [0.2, 0.25) is 5.78 Å². The van der Waals surface area contributed by atoms with Crippen LogP contribution in [-0.2, 0) is 4.74 Å². The van der Waals surface area contributed by atoms with Gasteiger partial charge in [-0.1, -0.05) is 30.3 Å². The van der Waals surface area contributed by atoms with Crippen molar-refractivity contribution >= 4 is 22.5 Å². The summed E-state index contributed by atoms with van der Waals surface area (Å²) in [5, 5.41) is 2.04. The number of ketones is 1. The van der Waals surface area contributed by atoms with E-state index in [1.54, 1.807) is 12.1 Å². The van der Waals surface area contributed by atoms with E-state index in [-0.39, 0.29) is 12.4 Å². The summed E-state index contributed by atoms with van der Waals surface area (Å²) in [4.78, 5) is 24.9. The van der Waals surface area contributed by atoms with Crippen molar-refractivity contribution in [3.8, 4) is 0 Å². The van der Waals surface area contributed by atoms with Gasteiger partial charge in [0.05, 0.1) is 5.56 Å². The molecule has 2 aromatic carbocycles. The van der Waals surface area contributed by atoms with Gasteiger partial charge in [-0.25, -0.2) is 4.79 Å². The molecule has 1 heterocycles. The summed E-state index contributed by atoms with van der Waals surface area (Å²) in [6.45, 7) is 3.74. The molecule has 0 unspecified atom stereocenters. The summed E-state index contributed by atoms with van der Waals surface area (Å²) in [6, 6.07) is 15.7. The first kappa shape index (κ1) is 16.6. The third-order valence-electron chi connectivity index (χ3n) is 5.02. The van der Waals surface area contributed by atoms with Gasteiger partial charge in [-0.3, -0.25) is 4.79 Å². The van der Waals surface area contributed by atoms with E-state index in [1.165, 1.54) is 12.8 Å². The van der Waals surface area contributed by atoms with Gasteiger partial charge in [0, 0.05) is 23.0 Å². The zero-order chi connectivity index (χ0) is 18.3. The molecule has 0 saturated heterocycles. The second-order valence-electron chi connectivity index (χ2n) is 6.95. The highest BCUT2D eigenvalue weighted by Gasteiger charge is 2.28. The highest BCUT2D eigenvalue weighted by atomic mass is 16.5. The Bertz CT molecular complexity index is 1010. The predicted molar refractivity (Wildman–Crippen MR) is 101 cm³/mol. The van der Waals surface area contributed by atoms with Crippen LogP contribution in [0.2, 0.25) is 0 Å². The number of benzene rings is 2. The molecule has 26 heavy (non-hydrogen) atoms. The van der Waals surface area contributed by atoms with Gasteiger partial charge in [-0.2, -0.15) is 0 Å². The van der Waals surface area contributed by atoms with Crippen molar-refractivity contribution in [1.29, 1.82) is 0 Å². The molecule has 0 atom stereocenters. The zero-order valence-corrected chi connectivity index (χ0v) is 15.0. The maximum absolute atomic E-state index is 12.5. The first-order chi connectivity index (χ1) is 12.5. The number of esters is 1. The molecule has 4 rings (SSSR count). The van der Waals surface area contributed by atoms with Gasteiger partial charge < -0.3 is 9.30 Å². The maximum atomic E-state index is 12.5. The van der Waals surface area contributed by atoms with Gasteiger partial charge >= 0.3 is 5.97 Å². The number of fused-ring (bicyclic) bond motifs is 1. The zero-order valence-electron chi connectivity index (χ0n) is 15.0. The van der Waals surface area contributed by atoms with E-state index in [9.17, 15) is 9.59 Å². The Balaban J connectivity index is 1.47. The summed E-state index contributed by atoms with van der Waals surface area (Å²) in [5.74, 6) is -0.626. The third kappa shape index (κ3) is 3.03. The maximum Gasteiger partial charge on any atom is 0.338 e.